The van der Waals surface area contributed by atoms with E-state index in [1.54, 1.807) is 18.2 Å². The van der Waals surface area contributed by atoms with Gasteiger partial charge < -0.3 is 15.3 Å². The number of phenols is 1. The van der Waals surface area contributed by atoms with Crippen LogP contribution in [0, 0.1) is 0 Å². The summed E-state index contributed by atoms with van der Waals surface area (Å²) < 4.78 is 0. The number of hydrogen-bond donors (Lipinski definition) is 3. The lowest BCUT2D eigenvalue weighted by molar-refractivity contribution is 0.320. The highest BCUT2D eigenvalue weighted by Crippen LogP contribution is 2.42. The van der Waals surface area contributed by atoms with Crippen LogP contribution in [0.4, 0.5) is 0 Å². The molecule has 0 radical (unpaired) electrons. The molecule has 1 aliphatic rings. The Morgan fingerprint density at radius 3 is 2.44 bits per heavy atom. The van der Waals surface area contributed by atoms with Gasteiger partial charge in [-0.15, -0.1) is 0 Å². The molecule has 1 aliphatic carbocycles. The maximum Gasteiger partial charge on any atom is 0.139 e. The number of benzene rings is 3. The highest BCUT2D eigenvalue weighted by molar-refractivity contribution is 6.26. The average molecular weight is 327 g/mol. The molecular formula is C20H13N3O2. The molecule has 5 nitrogen and oxygen atoms in total. The summed E-state index contributed by atoms with van der Waals surface area (Å²) in [4.78, 5) is 7.93. The highest BCUT2D eigenvalue weighted by Gasteiger charge is 2.28. The van der Waals surface area contributed by atoms with Crippen molar-refractivity contribution in [2.24, 2.45) is 5.16 Å². The zero-order valence-corrected chi connectivity index (χ0v) is 13.1. The van der Waals surface area contributed by atoms with E-state index >= 15 is 0 Å². The van der Waals surface area contributed by atoms with Gasteiger partial charge in [0.25, 0.3) is 0 Å². The van der Waals surface area contributed by atoms with Crippen LogP contribution in [0.15, 0.2) is 65.8 Å². The van der Waals surface area contributed by atoms with Crippen LogP contribution in [0.2, 0.25) is 0 Å². The molecule has 120 valence electrons. The third-order valence-electron chi connectivity index (χ3n) is 4.59. The van der Waals surface area contributed by atoms with E-state index in [2.05, 4.69) is 15.1 Å². The van der Waals surface area contributed by atoms with Gasteiger partial charge in [-0.2, -0.15) is 0 Å². The Kier molecular flexibility index (Phi) is 2.73. The van der Waals surface area contributed by atoms with Crippen LogP contribution in [0.1, 0.15) is 11.1 Å². The van der Waals surface area contributed by atoms with Crippen LogP contribution in [0.25, 0.3) is 33.5 Å². The van der Waals surface area contributed by atoms with E-state index in [4.69, 9.17) is 0 Å². The predicted octanol–water partition coefficient (Wildman–Crippen LogP) is 4.14. The molecule has 0 bridgehead atoms. The minimum absolute atomic E-state index is 0.195. The van der Waals surface area contributed by atoms with Gasteiger partial charge in [0.1, 0.15) is 17.3 Å². The topological polar surface area (TPSA) is 81.5 Å². The van der Waals surface area contributed by atoms with E-state index in [0.29, 0.717) is 11.5 Å². The van der Waals surface area contributed by atoms with Gasteiger partial charge in [-0.3, -0.25) is 0 Å². The average Bonchev–Trinajstić information content (AvgIpc) is 3.19. The molecule has 25 heavy (non-hydrogen) atoms. The zero-order chi connectivity index (χ0) is 17.0. The first-order valence-electron chi connectivity index (χ1n) is 7.90. The van der Waals surface area contributed by atoms with Crippen molar-refractivity contribution in [2.45, 2.75) is 0 Å². The van der Waals surface area contributed by atoms with Crippen molar-refractivity contribution in [3.8, 4) is 28.3 Å². The molecule has 5 rings (SSSR count). The summed E-state index contributed by atoms with van der Waals surface area (Å²) in [6, 6.07) is 18.8. The number of hydrogen-bond acceptors (Lipinski definition) is 4. The van der Waals surface area contributed by atoms with Gasteiger partial charge in [-0.1, -0.05) is 47.6 Å². The Labute approximate surface area is 142 Å². The van der Waals surface area contributed by atoms with Gasteiger partial charge in [0.2, 0.25) is 0 Å². The van der Waals surface area contributed by atoms with Crippen LogP contribution in [0.5, 0.6) is 5.75 Å². The van der Waals surface area contributed by atoms with Gasteiger partial charge in [0.15, 0.2) is 0 Å². The van der Waals surface area contributed by atoms with E-state index < -0.39 is 0 Å². The summed E-state index contributed by atoms with van der Waals surface area (Å²) in [6.45, 7) is 0. The first-order valence-corrected chi connectivity index (χ1v) is 7.90. The number of fused-ring (bicyclic) bond motifs is 4. The maximum absolute atomic E-state index is 9.67. The molecule has 3 aromatic carbocycles. The highest BCUT2D eigenvalue weighted by atomic mass is 16.4. The number of aromatic nitrogens is 2. The summed E-state index contributed by atoms with van der Waals surface area (Å²) in [6.07, 6.45) is 0. The van der Waals surface area contributed by atoms with E-state index in [1.807, 2.05) is 42.5 Å². The lowest BCUT2D eigenvalue weighted by atomic mass is 9.99. The molecule has 0 amide bonds. The molecular weight excluding hydrogens is 314 g/mol. The van der Waals surface area contributed by atoms with Crippen LogP contribution in [-0.2, 0) is 0 Å². The largest absolute Gasteiger partial charge is 0.508 e. The van der Waals surface area contributed by atoms with Gasteiger partial charge >= 0.3 is 0 Å². The lowest BCUT2D eigenvalue weighted by Gasteiger charge is -2.06. The lowest BCUT2D eigenvalue weighted by Crippen LogP contribution is -1.97. The number of phenolic OH excluding ortho intramolecular Hbond substituents is 1. The van der Waals surface area contributed by atoms with Crippen molar-refractivity contribution >= 4 is 16.7 Å². The number of rotatable bonds is 1. The Hall–Kier alpha value is -3.60. The van der Waals surface area contributed by atoms with Gasteiger partial charge in [-0.25, -0.2) is 4.98 Å². The minimum atomic E-state index is 0.195. The summed E-state index contributed by atoms with van der Waals surface area (Å²) in [5, 5.41) is 22.7. The molecule has 3 N–H and O–H groups in total. The molecule has 0 saturated heterocycles. The summed E-state index contributed by atoms with van der Waals surface area (Å²) in [5.74, 6) is 0.910. The molecule has 0 fully saturated rings. The molecule has 0 saturated carbocycles. The Bertz CT molecular complexity index is 1170. The van der Waals surface area contributed by atoms with Gasteiger partial charge in [0.05, 0.1) is 11.0 Å². The molecule has 4 aromatic rings. The number of aromatic hydroxyl groups is 1. The van der Waals surface area contributed by atoms with Crippen LogP contribution < -0.4 is 0 Å². The van der Waals surface area contributed by atoms with Crippen LogP contribution >= 0.6 is 0 Å². The summed E-state index contributed by atoms with van der Waals surface area (Å²) in [5.41, 5.74) is 6.85. The van der Waals surface area contributed by atoms with Gasteiger partial charge in [-0.05, 0) is 17.7 Å². The quantitative estimate of drug-likeness (QED) is 0.320. The minimum Gasteiger partial charge on any atom is -0.508 e. The van der Waals surface area contributed by atoms with Crippen LogP contribution in [0.3, 0.4) is 0 Å². The van der Waals surface area contributed by atoms with Crippen molar-refractivity contribution in [3.05, 3.63) is 71.8 Å². The smallest absolute Gasteiger partial charge is 0.139 e. The first-order chi connectivity index (χ1) is 12.3. The molecule has 0 aliphatic heterocycles. The normalized spacial score (nSPS) is 14.0. The number of oxime groups is 1. The molecule has 1 heterocycles. The van der Waals surface area contributed by atoms with Crippen molar-refractivity contribution in [1.29, 1.82) is 0 Å². The maximum atomic E-state index is 9.67. The third-order valence-corrected chi connectivity index (χ3v) is 4.59. The fourth-order valence-electron chi connectivity index (χ4n) is 3.52. The van der Waals surface area contributed by atoms with Crippen LogP contribution in [-0.4, -0.2) is 26.0 Å². The fourth-order valence-corrected chi connectivity index (χ4v) is 3.52. The Morgan fingerprint density at radius 1 is 0.840 bits per heavy atom. The second-order valence-corrected chi connectivity index (χ2v) is 6.01. The van der Waals surface area contributed by atoms with Crippen molar-refractivity contribution in [1.82, 2.24) is 9.97 Å². The molecule has 0 atom stereocenters. The number of H-pyrrole nitrogens is 1. The van der Waals surface area contributed by atoms with E-state index in [1.165, 1.54) is 0 Å². The Balaban J connectivity index is 1.82. The standard InChI is InChI=1S/C20H13N3O2/c24-11-8-9-16-17(10-11)22-20(21-16)15-7-3-6-14-18(15)12-4-1-2-5-13(12)19(14)23-25/h1-10,24-25H,(H,21,22). The van der Waals surface area contributed by atoms with Gasteiger partial charge in [0, 0.05) is 28.3 Å². The van der Waals surface area contributed by atoms with E-state index in [9.17, 15) is 10.3 Å². The van der Waals surface area contributed by atoms with Crippen molar-refractivity contribution < 1.29 is 10.3 Å². The number of imidazole rings is 1. The predicted molar refractivity (Wildman–Crippen MR) is 96.1 cm³/mol. The second kappa shape index (κ2) is 4.95. The Morgan fingerprint density at radius 2 is 1.60 bits per heavy atom. The third kappa shape index (κ3) is 1.89. The molecule has 0 unspecified atom stereocenters. The molecule has 5 heteroatoms. The summed E-state index contributed by atoms with van der Waals surface area (Å²) >= 11 is 0. The number of nitrogens with one attached hydrogen (secondary N) is 1. The SMILES string of the molecule is ON=C1c2ccccc2-c2c1cccc2-c1nc2ccc(O)cc2[nH]1. The zero-order valence-electron chi connectivity index (χ0n) is 13.1. The first kappa shape index (κ1) is 13.8. The summed E-state index contributed by atoms with van der Waals surface area (Å²) in [7, 11) is 0. The molecule has 1 aromatic heterocycles. The fraction of sp³-hybridized carbons (Fsp3) is 0. The van der Waals surface area contributed by atoms with E-state index in [0.717, 1.165) is 38.9 Å². The monoisotopic (exact) mass is 327 g/mol. The molecule has 0 spiro atoms. The van der Waals surface area contributed by atoms with Crippen molar-refractivity contribution in [3.63, 3.8) is 0 Å². The number of aromatic amines is 1. The second-order valence-electron chi connectivity index (χ2n) is 6.01. The van der Waals surface area contributed by atoms with E-state index in [-0.39, 0.29) is 5.75 Å². The number of nitrogens with zero attached hydrogens (tertiary/aromatic N) is 2. The van der Waals surface area contributed by atoms with Crippen molar-refractivity contribution in [2.75, 3.05) is 0 Å².